The van der Waals surface area contributed by atoms with Crippen LogP contribution in [-0.4, -0.2) is 41.6 Å². The Labute approximate surface area is 103 Å². The molecule has 2 atom stereocenters. The average Bonchev–Trinajstić information content (AvgIpc) is 2.54. The molecule has 0 bridgehead atoms. The van der Waals surface area contributed by atoms with E-state index >= 15 is 0 Å². The van der Waals surface area contributed by atoms with Crippen molar-refractivity contribution in [2.75, 3.05) is 18.6 Å². The van der Waals surface area contributed by atoms with E-state index in [4.69, 9.17) is 0 Å². The molecule has 1 aliphatic rings. The minimum Gasteiger partial charge on any atom is -0.326 e. The quantitative estimate of drug-likeness (QED) is 0.696. The molecular formula is C12H24N2OS. The number of nitrogens with one attached hydrogen (secondary N) is 1. The fourth-order valence-electron chi connectivity index (χ4n) is 2.14. The van der Waals surface area contributed by atoms with Crippen LogP contribution in [0.2, 0.25) is 0 Å². The summed E-state index contributed by atoms with van der Waals surface area (Å²) in [6, 6.07) is 0.0734. The van der Waals surface area contributed by atoms with Gasteiger partial charge >= 0.3 is 0 Å². The molecule has 2 unspecified atom stereocenters. The van der Waals surface area contributed by atoms with Gasteiger partial charge in [0.05, 0.1) is 12.2 Å². The molecule has 1 amide bonds. The summed E-state index contributed by atoms with van der Waals surface area (Å²) in [6.07, 6.45) is 6.70. The van der Waals surface area contributed by atoms with Crippen LogP contribution in [0, 0.1) is 0 Å². The second-order valence-electron chi connectivity index (χ2n) is 4.42. The molecule has 0 aliphatic carbocycles. The van der Waals surface area contributed by atoms with Crippen LogP contribution in [0.5, 0.6) is 0 Å². The van der Waals surface area contributed by atoms with Crippen LogP contribution >= 0.6 is 11.8 Å². The summed E-state index contributed by atoms with van der Waals surface area (Å²) in [6.45, 7) is 5.15. The maximum atomic E-state index is 12.1. The van der Waals surface area contributed by atoms with Gasteiger partial charge in [0.25, 0.3) is 0 Å². The highest BCUT2D eigenvalue weighted by molar-refractivity contribution is 7.98. The first kappa shape index (κ1) is 13.8. The van der Waals surface area contributed by atoms with Gasteiger partial charge in [-0.2, -0.15) is 11.8 Å². The lowest BCUT2D eigenvalue weighted by molar-refractivity contribution is -0.130. The van der Waals surface area contributed by atoms with E-state index in [-0.39, 0.29) is 12.2 Å². The molecule has 1 aliphatic heterocycles. The lowest BCUT2D eigenvalue weighted by Crippen LogP contribution is -2.35. The number of thioether (sulfide) groups is 1. The monoisotopic (exact) mass is 244 g/mol. The summed E-state index contributed by atoms with van der Waals surface area (Å²) in [4.78, 5) is 14.1. The Balaban J connectivity index is 2.37. The summed E-state index contributed by atoms with van der Waals surface area (Å²) in [5.41, 5.74) is 0. The van der Waals surface area contributed by atoms with Gasteiger partial charge in [-0.1, -0.05) is 19.8 Å². The van der Waals surface area contributed by atoms with E-state index in [1.807, 2.05) is 16.7 Å². The minimum absolute atomic E-state index is 0.0734. The van der Waals surface area contributed by atoms with E-state index < -0.39 is 0 Å². The first-order chi connectivity index (χ1) is 7.70. The summed E-state index contributed by atoms with van der Waals surface area (Å²) in [7, 11) is 0. The Hall–Kier alpha value is -0.220. The molecular weight excluding hydrogens is 220 g/mol. The molecule has 1 saturated heterocycles. The molecule has 16 heavy (non-hydrogen) atoms. The molecule has 3 nitrogen and oxygen atoms in total. The average molecular weight is 244 g/mol. The molecule has 0 radical (unpaired) electrons. The molecule has 1 fully saturated rings. The third-order valence-electron chi connectivity index (χ3n) is 3.08. The molecule has 1 heterocycles. The second kappa shape index (κ2) is 7.17. The van der Waals surface area contributed by atoms with Crippen molar-refractivity contribution in [2.24, 2.45) is 0 Å². The van der Waals surface area contributed by atoms with Crippen molar-refractivity contribution >= 4 is 17.7 Å². The first-order valence-electron chi connectivity index (χ1n) is 6.26. The number of carbonyl (C=O) groups is 1. The van der Waals surface area contributed by atoms with Gasteiger partial charge in [0.15, 0.2) is 0 Å². The zero-order valence-corrected chi connectivity index (χ0v) is 11.5. The van der Waals surface area contributed by atoms with Gasteiger partial charge in [-0.05, 0) is 31.8 Å². The van der Waals surface area contributed by atoms with Crippen molar-refractivity contribution in [3.8, 4) is 0 Å². The molecule has 0 aromatic rings. The van der Waals surface area contributed by atoms with E-state index in [1.54, 1.807) is 0 Å². The zero-order chi connectivity index (χ0) is 12.0. The van der Waals surface area contributed by atoms with Crippen molar-refractivity contribution in [3.05, 3.63) is 0 Å². The Kier molecular flexibility index (Phi) is 6.21. The van der Waals surface area contributed by atoms with Crippen LogP contribution in [0.15, 0.2) is 0 Å². The van der Waals surface area contributed by atoms with Crippen LogP contribution in [0.1, 0.15) is 39.5 Å². The normalized spacial score (nSPS) is 25.4. The van der Waals surface area contributed by atoms with Crippen LogP contribution in [0.25, 0.3) is 0 Å². The van der Waals surface area contributed by atoms with Gasteiger partial charge in [0.1, 0.15) is 0 Å². The highest BCUT2D eigenvalue weighted by atomic mass is 32.2. The van der Waals surface area contributed by atoms with Crippen LogP contribution in [-0.2, 0) is 4.79 Å². The van der Waals surface area contributed by atoms with Crippen molar-refractivity contribution in [2.45, 2.75) is 51.7 Å². The van der Waals surface area contributed by atoms with Gasteiger partial charge in [-0.3, -0.25) is 10.1 Å². The van der Waals surface area contributed by atoms with Crippen LogP contribution in [0.3, 0.4) is 0 Å². The van der Waals surface area contributed by atoms with E-state index in [0.717, 1.165) is 38.0 Å². The lowest BCUT2D eigenvalue weighted by atomic mass is 10.1. The van der Waals surface area contributed by atoms with Gasteiger partial charge in [-0.25, -0.2) is 0 Å². The number of hydrogen-bond donors (Lipinski definition) is 1. The number of nitrogens with zero attached hydrogens (tertiary/aromatic N) is 1. The van der Waals surface area contributed by atoms with Gasteiger partial charge in [-0.15, -0.1) is 0 Å². The SMILES string of the molecule is CCCCC1NC(C)N(CCCSC)C1=O. The van der Waals surface area contributed by atoms with E-state index in [1.165, 1.54) is 0 Å². The number of amides is 1. The fourth-order valence-corrected chi connectivity index (χ4v) is 2.56. The summed E-state index contributed by atoms with van der Waals surface area (Å²) in [5.74, 6) is 1.44. The topological polar surface area (TPSA) is 32.3 Å². The predicted octanol–water partition coefficient (Wildman–Crippen LogP) is 2.08. The van der Waals surface area contributed by atoms with E-state index in [2.05, 4.69) is 25.4 Å². The number of unbranched alkanes of at least 4 members (excludes halogenated alkanes) is 1. The van der Waals surface area contributed by atoms with E-state index in [0.29, 0.717) is 5.91 Å². The van der Waals surface area contributed by atoms with Crippen molar-refractivity contribution < 1.29 is 4.79 Å². The van der Waals surface area contributed by atoms with Crippen molar-refractivity contribution in [1.82, 2.24) is 10.2 Å². The molecule has 1 N–H and O–H groups in total. The number of rotatable bonds is 7. The van der Waals surface area contributed by atoms with Gasteiger partial charge in [0, 0.05) is 6.54 Å². The van der Waals surface area contributed by atoms with Gasteiger partial charge < -0.3 is 4.90 Å². The van der Waals surface area contributed by atoms with E-state index in [9.17, 15) is 4.79 Å². The Morgan fingerprint density at radius 1 is 1.44 bits per heavy atom. The third kappa shape index (κ3) is 3.67. The fraction of sp³-hybridized carbons (Fsp3) is 0.917. The first-order valence-corrected chi connectivity index (χ1v) is 7.65. The summed E-state index contributed by atoms with van der Waals surface area (Å²) >= 11 is 1.84. The minimum atomic E-state index is 0.0734. The third-order valence-corrected chi connectivity index (χ3v) is 3.78. The van der Waals surface area contributed by atoms with Crippen LogP contribution < -0.4 is 5.32 Å². The zero-order valence-electron chi connectivity index (χ0n) is 10.7. The van der Waals surface area contributed by atoms with Crippen molar-refractivity contribution in [3.63, 3.8) is 0 Å². The largest absolute Gasteiger partial charge is 0.326 e. The summed E-state index contributed by atoms with van der Waals surface area (Å²) < 4.78 is 0. The molecule has 0 aromatic carbocycles. The number of hydrogen-bond acceptors (Lipinski definition) is 3. The second-order valence-corrected chi connectivity index (χ2v) is 5.40. The molecule has 0 aromatic heterocycles. The standard InChI is InChI=1S/C12H24N2OS/c1-4-5-7-11-12(15)14(10(2)13-11)8-6-9-16-3/h10-11,13H,4-9H2,1-3H3. The Morgan fingerprint density at radius 2 is 2.19 bits per heavy atom. The molecule has 0 saturated carbocycles. The smallest absolute Gasteiger partial charge is 0.241 e. The highest BCUT2D eigenvalue weighted by Crippen LogP contribution is 2.15. The van der Waals surface area contributed by atoms with Crippen molar-refractivity contribution in [1.29, 1.82) is 0 Å². The lowest BCUT2D eigenvalue weighted by Gasteiger charge is -2.20. The molecule has 4 heteroatoms. The Morgan fingerprint density at radius 3 is 2.81 bits per heavy atom. The molecule has 94 valence electrons. The Bertz CT molecular complexity index is 223. The maximum Gasteiger partial charge on any atom is 0.241 e. The maximum absolute atomic E-state index is 12.1. The predicted molar refractivity (Wildman–Crippen MR) is 70.6 cm³/mol. The molecule has 0 spiro atoms. The van der Waals surface area contributed by atoms with Crippen LogP contribution in [0.4, 0.5) is 0 Å². The number of carbonyl (C=O) groups excluding carboxylic acids is 1. The van der Waals surface area contributed by atoms with Gasteiger partial charge in [0.2, 0.25) is 5.91 Å². The summed E-state index contributed by atoms with van der Waals surface area (Å²) in [5, 5.41) is 3.38. The highest BCUT2D eigenvalue weighted by Gasteiger charge is 2.34. The molecule has 1 rings (SSSR count).